The molecule has 10 heteroatoms. The van der Waals surface area contributed by atoms with Gasteiger partial charge < -0.3 is 25.6 Å². The lowest BCUT2D eigenvalue weighted by Crippen LogP contribution is -2.18. The van der Waals surface area contributed by atoms with Crippen molar-refractivity contribution in [2.45, 2.75) is 13.3 Å². The molecule has 1 aromatic carbocycles. The van der Waals surface area contributed by atoms with E-state index >= 15 is 0 Å². The maximum Gasteiger partial charge on any atom is 0.235 e. The number of hydrogen-bond acceptors (Lipinski definition) is 7. The Morgan fingerprint density at radius 1 is 1.19 bits per heavy atom. The maximum atomic E-state index is 12.0. The SMILES string of the molecule is Cc1cc(NC(=O)CSCC(=O)Nc2cccc(OCCC(N)=O)c2)no1. The molecule has 0 aliphatic heterocycles. The number of anilines is 2. The summed E-state index contributed by atoms with van der Waals surface area (Å²) in [7, 11) is 0. The Labute approximate surface area is 160 Å². The van der Waals surface area contributed by atoms with Gasteiger partial charge in [-0.25, -0.2) is 0 Å². The quantitative estimate of drug-likeness (QED) is 0.558. The highest BCUT2D eigenvalue weighted by molar-refractivity contribution is 8.00. The standard InChI is InChI=1S/C17H20N4O5S/c1-11-7-15(21-26-11)20-17(24)10-27-9-16(23)19-12-3-2-4-13(8-12)25-6-5-14(18)22/h2-4,7-8H,5-6,9-10H2,1H3,(H2,18,22)(H,19,23)(H,20,21,24). The van der Waals surface area contributed by atoms with Crippen LogP contribution in [0.5, 0.6) is 5.75 Å². The van der Waals surface area contributed by atoms with E-state index in [0.29, 0.717) is 23.0 Å². The number of aryl methyl sites for hydroxylation is 1. The highest BCUT2D eigenvalue weighted by Crippen LogP contribution is 2.18. The number of amides is 3. The Morgan fingerprint density at radius 2 is 1.93 bits per heavy atom. The van der Waals surface area contributed by atoms with Crippen LogP contribution in [0.3, 0.4) is 0 Å². The van der Waals surface area contributed by atoms with Crippen molar-refractivity contribution in [3.05, 3.63) is 36.1 Å². The van der Waals surface area contributed by atoms with Crippen molar-refractivity contribution in [1.29, 1.82) is 0 Å². The first kappa shape index (κ1) is 20.3. The zero-order chi connectivity index (χ0) is 19.6. The zero-order valence-corrected chi connectivity index (χ0v) is 15.5. The van der Waals surface area contributed by atoms with Gasteiger partial charge in [0.1, 0.15) is 11.5 Å². The molecule has 0 radical (unpaired) electrons. The fraction of sp³-hybridized carbons (Fsp3) is 0.294. The molecule has 1 heterocycles. The number of rotatable bonds is 10. The summed E-state index contributed by atoms with van der Waals surface area (Å²) in [6.07, 6.45) is 0.114. The van der Waals surface area contributed by atoms with Crippen LogP contribution in [0.1, 0.15) is 12.2 Å². The molecular formula is C17H20N4O5S. The van der Waals surface area contributed by atoms with Crippen molar-refractivity contribution >= 4 is 41.0 Å². The topological polar surface area (TPSA) is 137 Å². The van der Waals surface area contributed by atoms with Crippen LogP contribution in [-0.4, -0.2) is 41.0 Å². The summed E-state index contributed by atoms with van der Waals surface area (Å²) in [6.45, 7) is 1.89. The predicted molar refractivity (Wildman–Crippen MR) is 102 cm³/mol. The fourth-order valence-corrected chi connectivity index (χ4v) is 2.59. The van der Waals surface area contributed by atoms with Gasteiger partial charge in [0.15, 0.2) is 5.82 Å². The molecule has 0 aliphatic rings. The van der Waals surface area contributed by atoms with Crippen LogP contribution < -0.4 is 21.1 Å². The summed E-state index contributed by atoms with van der Waals surface area (Å²) in [5.41, 5.74) is 5.60. The van der Waals surface area contributed by atoms with Crippen molar-refractivity contribution in [1.82, 2.24) is 5.16 Å². The summed E-state index contributed by atoms with van der Waals surface area (Å²) >= 11 is 1.17. The number of hydrogen-bond donors (Lipinski definition) is 3. The monoisotopic (exact) mass is 392 g/mol. The number of aromatic nitrogens is 1. The Morgan fingerprint density at radius 3 is 2.59 bits per heavy atom. The number of carbonyl (C=O) groups excluding carboxylic acids is 3. The number of nitrogens with two attached hydrogens (primary N) is 1. The Hall–Kier alpha value is -3.01. The molecule has 9 nitrogen and oxygen atoms in total. The zero-order valence-electron chi connectivity index (χ0n) is 14.7. The van der Waals surface area contributed by atoms with Crippen LogP contribution >= 0.6 is 11.8 Å². The molecule has 0 atom stereocenters. The number of benzene rings is 1. The molecule has 27 heavy (non-hydrogen) atoms. The highest BCUT2D eigenvalue weighted by Gasteiger charge is 2.09. The van der Waals surface area contributed by atoms with E-state index in [1.165, 1.54) is 11.8 Å². The van der Waals surface area contributed by atoms with Crippen molar-refractivity contribution in [3.8, 4) is 5.75 Å². The van der Waals surface area contributed by atoms with Gasteiger partial charge in [-0.3, -0.25) is 14.4 Å². The molecular weight excluding hydrogens is 372 g/mol. The van der Waals surface area contributed by atoms with Crippen molar-refractivity contribution < 1.29 is 23.6 Å². The lowest BCUT2D eigenvalue weighted by atomic mass is 10.3. The molecule has 0 unspecified atom stereocenters. The second-order valence-electron chi connectivity index (χ2n) is 5.50. The first-order valence-corrected chi connectivity index (χ1v) is 9.20. The molecule has 2 rings (SSSR count). The largest absolute Gasteiger partial charge is 0.493 e. The molecule has 3 amide bonds. The maximum absolute atomic E-state index is 12.0. The number of ether oxygens (including phenoxy) is 1. The first-order valence-electron chi connectivity index (χ1n) is 8.04. The van der Waals surface area contributed by atoms with E-state index in [2.05, 4.69) is 15.8 Å². The van der Waals surface area contributed by atoms with Crippen LogP contribution in [0.25, 0.3) is 0 Å². The third-order valence-electron chi connectivity index (χ3n) is 3.10. The predicted octanol–water partition coefficient (Wildman–Crippen LogP) is 1.55. The first-order chi connectivity index (χ1) is 12.9. The molecule has 0 saturated carbocycles. The summed E-state index contributed by atoms with van der Waals surface area (Å²) < 4.78 is 10.2. The minimum atomic E-state index is -0.445. The third-order valence-corrected chi connectivity index (χ3v) is 4.03. The Bertz CT molecular complexity index is 808. The van der Waals surface area contributed by atoms with Crippen LogP contribution in [0.15, 0.2) is 34.9 Å². The van der Waals surface area contributed by atoms with Crippen LogP contribution in [0.2, 0.25) is 0 Å². The van der Waals surface area contributed by atoms with Gasteiger partial charge in [0.25, 0.3) is 0 Å². The smallest absolute Gasteiger partial charge is 0.235 e. The van der Waals surface area contributed by atoms with E-state index in [4.69, 9.17) is 15.0 Å². The van der Waals surface area contributed by atoms with E-state index in [1.807, 2.05) is 0 Å². The Balaban J connectivity index is 1.70. The van der Waals surface area contributed by atoms with Crippen molar-refractivity contribution in [2.75, 3.05) is 28.7 Å². The van der Waals surface area contributed by atoms with E-state index in [1.54, 1.807) is 37.3 Å². The van der Waals surface area contributed by atoms with Crippen LogP contribution in [0, 0.1) is 6.92 Å². The minimum absolute atomic E-state index is 0.107. The normalized spacial score (nSPS) is 10.3. The molecule has 0 spiro atoms. The molecule has 144 valence electrons. The number of nitrogens with zero attached hydrogens (tertiary/aromatic N) is 1. The van der Waals surface area contributed by atoms with E-state index in [-0.39, 0.29) is 36.3 Å². The van der Waals surface area contributed by atoms with Gasteiger partial charge in [-0.2, -0.15) is 0 Å². The summed E-state index contributed by atoms with van der Waals surface area (Å²) in [5.74, 6) is 0.704. The second kappa shape index (κ2) is 10.2. The average Bonchev–Trinajstić information content (AvgIpc) is 2.99. The minimum Gasteiger partial charge on any atom is -0.493 e. The fourth-order valence-electron chi connectivity index (χ4n) is 1.97. The van der Waals surface area contributed by atoms with Crippen molar-refractivity contribution in [3.63, 3.8) is 0 Å². The van der Waals surface area contributed by atoms with Crippen LogP contribution in [0.4, 0.5) is 11.5 Å². The number of primary amides is 1. The molecule has 1 aromatic heterocycles. The second-order valence-corrected chi connectivity index (χ2v) is 6.49. The van der Waals surface area contributed by atoms with Gasteiger partial charge in [-0.05, 0) is 19.1 Å². The number of thioether (sulfide) groups is 1. The average molecular weight is 392 g/mol. The molecule has 0 saturated heterocycles. The molecule has 0 bridgehead atoms. The van der Waals surface area contributed by atoms with Gasteiger partial charge in [0, 0.05) is 17.8 Å². The molecule has 0 aliphatic carbocycles. The number of carbonyl (C=O) groups is 3. The van der Waals surface area contributed by atoms with Gasteiger partial charge in [0.2, 0.25) is 17.7 Å². The third kappa shape index (κ3) is 7.82. The van der Waals surface area contributed by atoms with Crippen molar-refractivity contribution in [2.24, 2.45) is 5.73 Å². The molecule has 2 aromatic rings. The van der Waals surface area contributed by atoms with E-state index < -0.39 is 5.91 Å². The summed E-state index contributed by atoms with van der Waals surface area (Å²) in [5, 5.41) is 8.95. The lowest BCUT2D eigenvalue weighted by Gasteiger charge is -2.08. The van der Waals surface area contributed by atoms with Gasteiger partial charge in [-0.15, -0.1) is 11.8 Å². The number of nitrogens with one attached hydrogen (secondary N) is 2. The lowest BCUT2D eigenvalue weighted by molar-refractivity contribution is -0.118. The van der Waals surface area contributed by atoms with E-state index in [0.717, 1.165) is 0 Å². The molecule has 0 fully saturated rings. The summed E-state index contributed by atoms with van der Waals surface area (Å²) in [4.78, 5) is 34.4. The highest BCUT2D eigenvalue weighted by atomic mass is 32.2. The Kier molecular flexibility index (Phi) is 7.68. The summed E-state index contributed by atoms with van der Waals surface area (Å²) in [6, 6.07) is 8.39. The molecule has 4 N–H and O–H groups in total. The van der Waals surface area contributed by atoms with Gasteiger partial charge in [0.05, 0.1) is 24.5 Å². The van der Waals surface area contributed by atoms with Crippen LogP contribution in [-0.2, 0) is 14.4 Å². The van der Waals surface area contributed by atoms with Gasteiger partial charge >= 0.3 is 0 Å². The van der Waals surface area contributed by atoms with E-state index in [9.17, 15) is 14.4 Å². The van der Waals surface area contributed by atoms with Gasteiger partial charge in [-0.1, -0.05) is 11.2 Å².